The summed E-state index contributed by atoms with van der Waals surface area (Å²) in [7, 11) is 0. The Hall–Kier alpha value is -0.340. The van der Waals surface area contributed by atoms with Gasteiger partial charge >= 0.3 is 0 Å². The molecule has 2 atom stereocenters. The van der Waals surface area contributed by atoms with Crippen LogP contribution in [0.4, 0.5) is 0 Å². The molecule has 0 aliphatic heterocycles. The number of aliphatic hydroxyl groups is 2. The Morgan fingerprint density at radius 1 is 0.864 bits per heavy atom. The predicted octanol–water partition coefficient (Wildman–Crippen LogP) is 5.38. The number of rotatable bonds is 0. The van der Waals surface area contributed by atoms with Gasteiger partial charge in [0.2, 0.25) is 0 Å². The van der Waals surface area contributed by atoms with Crippen LogP contribution in [0.15, 0.2) is 11.1 Å². The van der Waals surface area contributed by atoms with Gasteiger partial charge in [-0.15, -0.1) is 0 Å². The summed E-state index contributed by atoms with van der Waals surface area (Å²) in [5, 5.41) is 21.2. The van der Waals surface area contributed by atoms with Crippen molar-refractivity contribution in [2.24, 2.45) is 5.92 Å². The molecule has 1 saturated carbocycles. The van der Waals surface area contributed by atoms with Crippen LogP contribution in [0.1, 0.15) is 98.8 Å². The lowest BCUT2D eigenvalue weighted by Crippen LogP contribution is -2.26. The molecular formula is C20H38O2. The van der Waals surface area contributed by atoms with Gasteiger partial charge in [-0.2, -0.15) is 0 Å². The molecule has 0 aromatic carbocycles. The van der Waals surface area contributed by atoms with Crippen molar-refractivity contribution in [1.82, 2.24) is 0 Å². The fourth-order valence-corrected chi connectivity index (χ4v) is 3.52. The first-order valence-electron chi connectivity index (χ1n) is 9.21. The van der Waals surface area contributed by atoms with Crippen LogP contribution in [0.25, 0.3) is 0 Å². The SMILES string of the molecule is CC(C)=C1CCC(C)(O)CCCC(C)CCCC(C)(O)CC1. The van der Waals surface area contributed by atoms with E-state index in [9.17, 15) is 10.2 Å². The van der Waals surface area contributed by atoms with E-state index in [1.165, 1.54) is 24.0 Å². The molecule has 0 amide bonds. The Bertz CT molecular complexity index is 334. The minimum absolute atomic E-state index is 0.549. The lowest BCUT2D eigenvalue weighted by Gasteiger charge is -2.28. The molecule has 1 aliphatic rings. The second-order valence-corrected chi connectivity index (χ2v) is 8.49. The summed E-state index contributed by atoms with van der Waals surface area (Å²) >= 11 is 0. The zero-order valence-electron chi connectivity index (χ0n) is 15.5. The van der Waals surface area contributed by atoms with Gasteiger partial charge < -0.3 is 10.2 Å². The normalized spacial score (nSPS) is 36.7. The van der Waals surface area contributed by atoms with Gasteiger partial charge in [0, 0.05) is 0 Å². The highest BCUT2D eigenvalue weighted by molar-refractivity contribution is 5.11. The molecule has 1 fully saturated rings. The first-order chi connectivity index (χ1) is 10.1. The average Bonchev–Trinajstić information content (AvgIpc) is 2.36. The number of allylic oxidation sites excluding steroid dienone is 2. The summed E-state index contributed by atoms with van der Waals surface area (Å²) < 4.78 is 0. The molecule has 0 heterocycles. The molecule has 2 unspecified atom stereocenters. The van der Waals surface area contributed by atoms with Crippen molar-refractivity contribution in [2.45, 2.75) is 110 Å². The van der Waals surface area contributed by atoms with E-state index in [0.29, 0.717) is 5.92 Å². The monoisotopic (exact) mass is 310 g/mol. The zero-order chi connectivity index (χ0) is 16.8. The molecule has 2 heteroatoms. The molecule has 130 valence electrons. The third-order valence-electron chi connectivity index (χ3n) is 5.46. The lowest BCUT2D eigenvalue weighted by molar-refractivity contribution is 0.0314. The molecule has 22 heavy (non-hydrogen) atoms. The summed E-state index contributed by atoms with van der Waals surface area (Å²) in [6, 6.07) is 0. The van der Waals surface area contributed by atoms with E-state index >= 15 is 0 Å². The van der Waals surface area contributed by atoms with Gasteiger partial charge in [0.25, 0.3) is 0 Å². The molecule has 0 radical (unpaired) electrons. The maximum absolute atomic E-state index is 10.6. The molecule has 2 N–H and O–H groups in total. The van der Waals surface area contributed by atoms with E-state index < -0.39 is 11.2 Å². The van der Waals surface area contributed by atoms with Crippen LogP contribution < -0.4 is 0 Å². The highest BCUT2D eigenvalue weighted by Gasteiger charge is 2.24. The van der Waals surface area contributed by atoms with Crippen molar-refractivity contribution in [1.29, 1.82) is 0 Å². The average molecular weight is 311 g/mol. The summed E-state index contributed by atoms with van der Waals surface area (Å²) in [4.78, 5) is 0. The topological polar surface area (TPSA) is 40.5 Å². The van der Waals surface area contributed by atoms with Crippen molar-refractivity contribution in [2.75, 3.05) is 0 Å². The molecule has 0 aromatic rings. The molecule has 0 aromatic heterocycles. The van der Waals surface area contributed by atoms with Crippen LogP contribution in [-0.4, -0.2) is 21.4 Å². The fourth-order valence-electron chi connectivity index (χ4n) is 3.52. The quantitative estimate of drug-likeness (QED) is 0.590. The predicted molar refractivity (Wildman–Crippen MR) is 95.0 cm³/mol. The van der Waals surface area contributed by atoms with E-state index in [1.54, 1.807) is 0 Å². The third kappa shape index (κ3) is 7.78. The first kappa shape index (κ1) is 19.7. The minimum Gasteiger partial charge on any atom is -0.390 e. The van der Waals surface area contributed by atoms with Crippen molar-refractivity contribution in [3.8, 4) is 0 Å². The van der Waals surface area contributed by atoms with Crippen LogP contribution in [0, 0.1) is 5.92 Å². The van der Waals surface area contributed by atoms with Gasteiger partial charge in [-0.05, 0) is 72.1 Å². The van der Waals surface area contributed by atoms with Crippen LogP contribution in [0.2, 0.25) is 0 Å². The number of hydrogen-bond donors (Lipinski definition) is 2. The van der Waals surface area contributed by atoms with Crippen LogP contribution in [0.3, 0.4) is 0 Å². The molecule has 0 saturated heterocycles. The van der Waals surface area contributed by atoms with Gasteiger partial charge in [-0.25, -0.2) is 0 Å². The van der Waals surface area contributed by atoms with Crippen molar-refractivity contribution in [3.05, 3.63) is 11.1 Å². The lowest BCUT2D eigenvalue weighted by atomic mass is 9.83. The van der Waals surface area contributed by atoms with E-state index in [2.05, 4.69) is 20.8 Å². The second-order valence-electron chi connectivity index (χ2n) is 8.49. The summed E-state index contributed by atoms with van der Waals surface area (Å²) in [5.41, 5.74) is 1.68. The van der Waals surface area contributed by atoms with Gasteiger partial charge in [-0.3, -0.25) is 0 Å². The Kier molecular flexibility index (Phi) is 7.61. The van der Waals surface area contributed by atoms with Crippen LogP contribution in [-0.2, 0) is 0 Å². The van der Waals surface area contributed by atoms with E-state index in [-0.39, 0.29) is 0 Å². The molecule has 1 rings (SSSR count). The van der Waals surface area contributed by atoms with E-state index in [4.69, 9.17) is 0 Å². The highest BCUT2D eigenvalue weighted by atomic mass is 16.3. The smallest absolute Gasteiger partial charge is 0.0622 e. The first-order valence-corrected chi connectivity index (χ1v) is 9.21. The molecule has 2 nitrogen and oxygen atoms in total. The summed E-state index contributed by atoms with van der Waals surface area (Å²) in [6.07, 6.45) is 10.00. The highest BCUT2D eigenvalue weighted by Crippen LogP contribution is 2.31. The molecule has 0 bridgehead atoms. The van der Waals surface area contributed by atoms with Crippen molar-refractivity contribution >= 4 is 0 Å². The maximum Gasteiger partial charge on any atom is 0.0622 e. The fraction of sp³-hybridized carbons (Fsp3) is 0.900. The molecule has 0 spiro atoms. The number of hydrogen-bond acceptors (Lipinski definition) is 2. The Morgan fingerprint density at radius 2 is 1.27 bits per heavy atom. The minimum atomic E-state index is -0.549. The molecule has 1 aliphatic carbocycles. The Morgan fingerprint density at radius 3 is 1.64 bits per heavy atom. The van der Waals surface area contributed by atoms with E-state index in [0.717, 1.165) is 51.4 Å². The van der Waals surface area contributed by atoms with E-state index in [1.807, 2.05) is 13.8 Å². The van der Waals surface area contributed by atoms with Crippen molar-refractivity contribution in [3.63, 3.8) is 0 Å². The van der Waals surface area contributed by atoms with Gasteiger partial charge in [0.15, 0.2) is 0 Å². The maximum atomic E-state index is 10.6. The third-order valence-corrected chi connectivity index (χ3v) is 5.46. The van der Waals surface area contributed by atoms with Gasteiger partial charge in [0.05, 0.1) is 11.2 Å². The zero-order valence-corrected chi connectivity index (χ0v) is 15.5. The summed E-state index contributed by atoms with van der Waals surface area (Å²) in [5.74, 6) is 0.697. The summed E-state index contributed by atoms with van der Waals surface area (Å²) in [6.45, 7) is 10.6. The Balaban J connectivity index is 2.76. The second kappa shape index (κ2) is 8.49. The van der Waals surface area contributed by atoms with Gasteiger partial charge in [0.1, 0.15) is 0 Å². The standard InChI is InChI=1S/C20H38O2/c1-16(2)18-10-14-19(4,21)12-6-8-17(3)9-7-13-20(5,22)15-11-18/h17,21-22H,6-15H2,1-5H3. The van der Waals surface area contributed by atoms with Crippen molar-refractivity contribution < 1.29 is 10.2 Å². The molecular weight excluding hydrogens is 272 g/mol. The largest absolute Gasteiger partial charge is 0.390 e. The van der Waals surface area contributed by atoms with Crippen LogP contribution in [0.5, 0.6) is 0 Å². The van der Waals surface area contributed by atoms with Crippen LogP contribution >= 0.6 is 0 Å². The van der Waals surface area contributed by atoms with Gasteiger partial charge in [-0.1, -0.05) is 43.8 Å². The Labute approximate surface area is 138 Å².